The van der Waals surface area contributed by atoms with E-state index in [1.165, 1.54) is 12.1 Å². The highest BCUT2D eigenvalue weighted by Crippen LogP contribution is 2.25. The highest BCUT2D eigenvalue weighted by Gasteiger charge is 2.37. The fourth-order valence-corrected chi connectivity index (χ4v) is 3.06. The first kappa shape index (κ1) is 15.5. The molecule has 2 N–H and O–H groups in total. The van der Waals surface area contributed by atoms with E-state index in [0.717, 1.165) is 4.90 Å². The molecular formula is C14H18N2O4S. The molecule has 2 rings (SSSR count). The first-order chi connectivity index (χ1) is 9.54. The molecule has 1 aliphatic rings. The molecule has 0 saturated heterocycles. The Bertz CT molecular complexity index is 717. The number of fused-ring (bicyclic) bond motifs is 1. The van der Waals surface area contributed by atoms with E-state index in [2.05, 4.69) is 0 Å². The normalized spacial score (nSPS) is 15.5. The number of nitrogens with two attached hydrogens (primary N) is 1. The molecule has 1 heterocycles. The molecule has 114 valence electrons. The number of carbonyl (C=O) groups is 2. The Morgan fingerprint density at radius 3 is 2.24 bits per heavy atom. The van der Waals surface area contributed by atoms with E-state index >= 15 is 0 Å². The average molecular weight is 310 g/mol. The maximum atomic E-state index is 12.2. The molecule has 0 radical (unpaired) electrons. The second-order valence-corrected chi connectivity index (χ2v) is 8.86. The topological polar surface area (TPSA) is 97.5 Å². The minimum Gasteiger partial charge on any atom is -0.399 e. The predicted molar refractivity (Wildman–Crippen MR) is 79.8 cm³/mol. The van der Waals surface area contributed by atoms with Crippen LogP contribution in [0.5, 0.6) is 0 Å². The number of rotatable bonds is 3. The Hall–Kier alpha value is -1.89. The molecule has 0 fully saturated rings. The van der Waals surface area contributed by atoms with Crippen LogP contribution in [0.3, 0.4) is 0 Å². The SMILES string of the molecule is CC(C)(C)S(=O)(=O)CCN1C(=O)c2ccc(N)cc2C1=O. The molecule has 7 heteroatoms. The monoisotopic (exact) mass is 310 g/mol. The Morgan fingerprint density at radius 2 is 1.67 bits per heavy atom. The van der Waals surface area contributed by atoms with Crippen molar-refractivity contribution in [2.75, 3.05) is 18.0 Å². The lowest BCUT2D eigenvalue weighted by Crippen LogP contribution is -2.39. The Morgan fingerprint density at radius 1 is 1.10 bits per heavy atom. The average Bonchev–Trinajstić information content (AvgIpc) is 2.58. The summed E-state index contributed by atoms with van der Waals surface area (Å²) < 4.78 is 23.2. The number of nitrogens with zero attached hydrogens (tertiary/aromatic N) is 1. The van der Waals surface area contributed by atoms with E-state index in [1.807, 2.05) is 0 Å². The lowest BCUT2D eigenvalue weighted by atomic mass is 10.1. The number of nitrogen functional groups attached to an aromatic ring is 1. The molecule has 0 spiro atoms. The van der Waals surface area contributed by atoms with Gasteiger partial charge in [0.2, 0.25) is 0 Å². The number of benzene rings is 1. The third kappa shape index (κ3) is 2.65. The second kappa shape index (κ2) is 4.84. The summed E-state index contributed by atoms with van der Waals surface area (Å²) in [4.78, 5) is 25.3. The smallest absolute Gasteiger partial charge is 0.261 e. The summed E-state index contributed by atoms with van der Waals surface area (Å²) in [5.41, 5.74) is 6.49. The van der Waals surface area contributed by atoms with Crippen molar-refractivity contribution in [3.8, 4) is 0 Å². The molecule has 2 amide bonds. The fraction of sp³-hybridized carbons (Fsp3) is 0.429. The van der Waals surface area contributed by atoms with Crippen molar-refractivity contribution >= 4 is 27.3 Å². The molecule has 1 aliphatic heterocycles. The number of hydrogen-bond donors (Lipinski definition) is 1. The zero-order valence-corrected chi connectivity index (χ0v) is 13.0. The first-order valence-corrected chi connectivity index (χ1v) is 8.18. The number of carbonyl (C=O) groups excluding carboxylic acids is 2. The highest BCUT2D eigenvalue weighted by atomic mass is 32.2. The third-order valence-electron chi connectivity index (χ3n) is 3.51. The van der Waals surface area contributed by atoms with Crippen LogP contribution in [0.1, 0.15) is 41.5 Å². The van der Waals surface area contributed by atoms with Gasteiger partial charge in [-0.2, -0.15) is 0 Å². The summed E-state index contributed by atoms with van der Waals surface area (Å²) in [5.74, 6) is -1.22. The molecule has 0 atom stereocenters. The standard InChI is InChI=1S/C14H18N2O4S/c1-14(2,3)21(19,20)7-6-16-12(17)10-5-4-9(15)8-11(10)13(16)18/h4-5,8H,6-7,15H2,1-3H3. The van der Waals surface area contributed by atoms with E-state index < -0.39 is 26.4 Å². The van der Waals surface area contributed by atoms with Crippen LogP contribution < -0.4 is 5.73 Å². The van der Waals surface area contributed by atoms with Gasteiger partial charge < -0.3 is 5.73 Å². The summed E-state index contributed by atoms with van der Waals surface area (Å²) in [6.45, 7) is 4.62. The van der Waals surface area contributed by atoms with Crippen molar-refractivity contribution in [2.45, 2.75) is 25.5 Å². The van der Waals surface area contributed by atoms with Gasteiger partial charge >= 0.3 is 0 Å². The van der Waals surface area contributed by atoms with Crippen molar-refractivity contribution in [2.24, 2.45) is 0 Å². The maximum Gasteiger partial charge on any atom is 0.261 e. The van der Waals surface area contributed by atoms with E-state index in [-0.39, 0.29) is 23.4 Å². The Labute approximate surface area is 123 Å². The number of sulfone groups is 1. The highest BCUT2D eigenvalue weighted by molar-refractivity contribution is 7.92. The molecule has 0 aromatic heterocycles. The molecule has 0 unspecified atom stereocenters. The van der Waals surface area contributed by atoms with Crippen LogP contribution in [0.25, 0.3) is 0 Å². The molecule has 1 aromatic carbocycles. The van der Waals surface area contributed by atoms with Gasteiger partial charge in [0.1, 0.15) is 0 Å². The number of amides is 2. The van der Waals surface area contributed by atoms with Crippen molar-refractivity contribution in [3.05, 3.63) is 29.3 Å². The number of imide groups is 1. The summed E-state index contributed by atoms with van der Waals surface area (Å²) in [5, 5.41) is 0. The van der Waals surface area contributed by atoms with Crippen molar-refractivity contribution < 1.29 is 18.0 Å². The largest absolute Gasteiger partial charge is 0.399 e. The molecule has 0 saturated carbocycles. The van der Waals surface area contributed by atoms with Crippen molar-refractivity contribution in [1.82, 2.24) is 4.90 Å². The minimum atomic E-state index is -3.40. The van der Waals surface area contributed by atoms with Crippen LogP contribution in [-0.4, -0.2) is 42.2 Å². The van der Waals surface area contributed by atoms with Crippen LogP contribution in [0.4, 0.5) is 5.69 Å². The quantitative estimate of drug-likeness (QED) is 0.665. The van der Waals surface area contributed by atoms with E-state index in [9.17, 15) is 18.0 Å². The zero-order chi connectivity index (χ0) is 16.0. The van der Waals surface area contributed by atoms with Gasteiger partial charge in [-0.05, 0) is 39.0 Å². The van der Waals surface area contributed by atoms with Crippen LogP contribution in [-0.2, 0) is 9.84 Å². The second-order valence-electron chi connectivity index (χ2n) is 6.00. The minimum absolute atomic E-state index is 0.147. The first-order valence-electron chi connectivity index (χ1n) is 6.52. The Balaban J connectivity index is 2.22. The summed E-state index contributed by atoms with van der Waals surface area (Å²) in [6, 6.07) is 4.47. The van der Waals surface area contributed by atoms with E-state index in [0.29, 0.717) is 5.69 Å². The van der Waals surface area contributed by atoms with Crippen LogP contribution in [0, 0.1) is 0 Å². The van der Waals surface area contributed by atoms with Gasteiger partial charge in [0.15, 0.2) is 9.84 Å². The van der Waals surface area contributed by atoms with Crippen molar-refractivity contribution in [1.29, 1.82) is 0 Å². The van der Waals surface area contributed by atoms with Gasteiger partial charge in [0.05, 0.1) is 21.6 Å². The lowest BCUT2D eigenvalue weighted by Gasteiger charge is -2.21. The van der Waals surface area contributed by atoms with E-state index in [4.69, 9.17) is 5.73 Å². The summed E-state index contributed by atoms with van der Waals surface area (Å²) in [7, 11) is -3.40. The van der Waals surface area contributed by atoms with E-state index in [1.54, 1.807) is 26.8 Å². The molecule has 21 heavy (non-hydrogen) atoms. The number of anilines is 1. The molecule has 0 bridgehead atoms. The summed E-state index contributed by atoms with van der Waals surface area (Å²) in [6.07, 6.45) is 0. The van der Waals surface area contributed by atoms with Gasteiger partial charge in [0.25, 0.3) is 11.8 Å². The Kier molecular flexibility index (Phi) is 3.57. The van der Waals surface area contributed by atoms with Crippen LogP contribution in [0.2, 0.25) is 0 Å². The molecule has 6 nitrogen and oxygen atoms in total. The van der Waals surface area contributed by atoms with Gasteiger partial charge in [-0.15, -0.1) is 0 Å². The van der Waals surface area contributed by atoms with Gasteiger partial charge in [-0.3, -0.25) is 14.5 Å². The fourth-order valence-electron chi connectivity index (χ4n) is 2.03. The molecular weight excluding hydrogens is 292 g/mol. The van der Waals surface area contributed by atoms with Crippen LogP contribution in [0.15, 0.2) is 18.2 Å². The lowest BCUT2D eigenvalue weighted by molar-refractivity contribution is 0.0664. The predicted octanol–water partition coefficient (Wildman–Crippen LogP) is 1.08. The maximum absolute atomic E-state index is 12.2. The molecule has 1 aromatic rings. The van der Waals surface area contributed by atoms with Gasteiger partial charge in [-0.25, -0.2) is 8.42 Å². The summed E-state index contributed by atoms with van der Waals surface area (Å²) >= 11 is 0. The zero-order valence-electron chi connectivity index (χ0n) is 12.2. The number of hydrogen-bond acceptors (Lipinski definition) is 5. The third-order valence-corrected chi connectivity index (χ3v) is 6.10. The van der Waals surface area contributed by atoms with Gasteiger partial charge in [0, 0.05) is 12.2 Å². The van der Waals surface area contributed by atoms with Crippen molar-refractivity contribution in [3.63, 3.8) is 0 Å². The van der Waals surface area contributed by atoms with Gasteiger partial charge in [-0.1, -0.05) is 0 Å². The van der Waals surface area contributed by atoms with Crippen LogP contribution >= 0.6 is 0 Å². The molecule has 0 aliphatic carbocycles.